The van der Waals surface area contributed by atoms with Gasteiger partial charge in [0.2, 0.25) is 0 Å². The van der Waals surface area contributed by atoms with Crippen LogP contribution in [-0.4, -0.2) is 22.6 Å². The van der Waals surface area contributed by atoms with Gasteiger partial charge in [0.05, 0.1) is 11.6 Å². The Hall–Kier alpha value is -1.10. The Balaban J connectivity index is 1.73. The van der Waals surface area contributed by atoms with Crippen molar-refractivity contribution in [2.24, 2.45) is 11.8 Å². The normalized spacial score (nSPS) is 23.8. The highest BCUT2D eigenvalue weighted by atomic mass is 32.1. The van der Waals surface area contributed by atoms with Crippen LogP contribution in [0.5, 0.6) is 0 Å². The van der Waals surface area contributed by atoms with Crippen LogP contribution < -0.4 is 5.32 Å². The zero-order valence-corrected chi connectivity index (χ0v) is 11.5. The van der Waals surface area contributed by atoms with Crippen LogP contribution in [0.1, 0.15) is 38.3 Å². The van der Waals surface area contributed by atoms with E-state index in [1.54, 1.807) is 11.3 Å². The van der Waals surface area contributed by atoms with Crippen molar-refractivity contribution in [1.29, 1.82) is 0 Å². The lowest BCUT2D eigenvalue weighted by atomic mass is 9.82. The maximum Gasteiger partial charge on any atom is 0.306 e. The van der Waals surface area contributed by atoms with Gasteiger partial charge in [0.25, 0.3) is 0 Å². The second kappa shape index (κ2) is 6.18. The number of rotatable bonds is 5. The molecule has 0 aliphatic heterocycles. The van der Waals surface area contributed by atoms with Gasteiger partial charge in [0.1, 0.15) is 0 Å². The first-order valence-corrected chi connectivity index (χ1v) is 7.48. The molecule has 0 radical (unpaired) electrons. The minimum atomic E-state index is -0.631. The molecule has 1 aliphatic carbocycles. The summed E-state index contributed by atoms with van der Waals surface area (Å²) >= 11 is 1.65. The van der Waals surface area contributed by atoms with Gasteiger partial charge in [-0.05, 0) is 38.0 Å². The zero-order chi connectivity index (χ0) is 13.0. The summed E-state index contributed by atoms with van der Waals surface area (Å²) in [6.07, 6.45) is 4.63. The van der Waals surface area contributed by atoms with Gasteiger partial charge >= 0.3 is 5.97 Å². The lowest BCUT2D eigenvalue weighted by Gasteiger charge is -2.26. The zero-order valence-electron chi connectivity index (χ0n) is 10.7. The number of carbonyl (C=O) groups is 1. The largest absolute Gasteiger partial charge is 0.481 e. The lowest BCUT2D eigenvalue weighted by molar-refractivity contribution is -0.143. The third kappa shape index (κ3) is 3.45. The van der Waals surface area contributed by atoms with E-state index in [0.717, 1.165) is 49.5 Å². The Morgan fingerprint density at radius 2 is 2.22 bits per heavy atom. The molecule has 4 nitrogen and oxygen atoms in total. The van der Waals surface area contributed by atoms with Crippen LogP contribution in [-0.2, 0) is 11.2 Å². The van der Waals surface area contributed by atoms with Crippen molar-refractivity contribution >= 4 is 22.4 Å². The summed E-state index contributed by atoms with van der Waals surface area (Å²) in [5.41, 5.74) is 1.14. The molecule has 1 aromatic rings. The number of aryl methyl sites for hydroxylation is 1. The molecule has 0 bridgehead atoms. The van der Waals surface area contributed by atoms with Crippen LogP contribution in [0.2, 0.25) is 0 Å². The molecule has 0 saturated heterocycles. The number of hydrogen-bond acceptors (Lipinski definition) is 4. The highest BCUT2D eigenvalue weighted by Crippen LogP contribution is 2.29. The molecular weight excluding hydrogens is 248 g/mol. The van der Waals surface area contributed by atoms with E-state index >= 15 is 0 Å². The minimum absolute atomic E-state index is 0.118. The van der Waals surface area contributed by atoms with Gasteiger partial charge in [-0.2, -0.15) is 0 Å². The van der Waals surface area contributed by atoms with E-state index in [1.165, 1.54) is 0 Å². The number of aliphatic carboxylic acids is 1. The molecule has 1 saturated carbocycles. The number of nitrogens with one attached hydrogen (secondary N) is 1. The van der Waals surface area contributed by atoms with Crippen molar-refractivity contribution in [3.05, 3.63) is 11.1 Å². The van der Waals surface area contributed by atoms with Gasteiger partial charge in [0, 0.05) is 11.9 Å². The van der Waals surface area contributed by atoms with Crippen molar-refractivity contribution in [3.8, 4) is 0 Å². The van der Waals surface area contributed by atoms with E-state index in [1.807, 2.05) is 0 Å². The number of hydrogen-bond donors (Lipinski definition) is 2. The summed E-state index contributed by atoms with van der Waals surface area (Å²) in [4.78, 5) is 15.3. The fourth-order valence-corrected chi connectivity index (χ4v) is 3.20. The van der Waals surface area contributed by atoms with Gasteiger partial charge in [-0.15, -0.1) is 11.3 Å². The van der Waals surface area contributed by atoms with E-state index in [2.05, 4.69) is 22.6 Å². The van der Waals surface area contributed by atoms with Gasteiger partial charge in [-0.1, -0.05) is 6.92 Å². The van der Waals surface area contributed by atoms with E-state index < -0.39 is 5.97 Å². The monoisotopic (exact) mass is 268 g/mol. The number of carboxylic acid groups (broad SMARTS) is 1. The average molecular weight is 268 g/mol. The summed E-state index contributed by atoms with van der Waals surface area (Å²) in [5.74, 6) is -0.156. The van der Waals surface area contributed by atoms with Gasteiger partial charge in [0.15, 0.2) is 5.13 Å². The molecule has 0 aromatic carbocycles. The Bertz CT molecular complexity index is 397. The maximum atomic E-state index is 10.9. The first-order valence-electron chi connectivity index (χ1n) is 6.60. The fraction of sp³-hybridized carbons (Fsp3) is 0.692. The summed E-state index contributed by atoms with van der Waals surface area (Å²) in [6, 6.07) is 0. The molecule has 1 aliphatic rings. The number of thiazole rings is 1. The molecule has 1 fully saturated rings. The van der Waals surface area contributed by atoms with Crippen LogP contribution >= 0.6 is 11.3 Å². The minimum Gasteiger partial charge on any atom is -0.481 e. The molecule has 2 rings (SSSR count). The first-order chi connectivity index (χ1) is 8.69. The molecule has 1 aromatic heterocycles. The van der Waals surface area contributed by atoms with E-state index in [4.69, 9.17) is 5.11 Å². The van der Waals surface area contributed by atoms with Crippen molar-refractivity contribution in [2.45, 2.75) is 39.0 Å². The van der Waals surface area contributed by atoms with Crippen molar-refractivity contribution in [1.82, 2.24) is 4.98 Å². The number of aromatic nitrogens is 1. The quantitative estimate of drug-likeness (QED) is 0.861. The van der Waals surface area contributed by atoms with Crippen molar-refractivity contribution in [2.75, 3.05) is 11.9 Å². The molecule has 0 unspecified atom stereocenters. The Kier molecular flexibility index (Phi) is 4.58. The Labute approximate surface area is 111 Å². The molecule has 0 spiro atoms. The summed E-state index contributed by atoms with van der Waals surface area (Å²) in [6.45, 7) is 3.02. The molecule has 100 valence electrons. The molecule has 5 heteroatoms. The molecular formula is C13H20N2O2S. The fourth-order valence-electron chi connectivity index (χ4n) is 2.40. The second-order valence-electron chi connectivity index (χ2n) is 4.93. The van der Waals surface area contributed by atoms with Gasteiger partial charge < -0.3 is 10.4 Å². The van der Waals surface area contributed by atoms with E-state index in [0.29, 0.717) is 5.92 Å². The lowest BCUT2D eigenvalue weighted by Crippen LogP contribution is -2.25. The van der Waals surface area contributed by atoms with E-state index in [9.17, 15) is 4.79 Å². The molecule has 1 heterocycles. The summed E-state index contributed by atoms with van der Waals surface area (Å²) in [5, 5.41) is 15.4. The summed E-state index contributed by atoms with van der Waals surface area (Å²) in [7, 11) is 0. The van der Waals surface area contributed by atoms with Crippen LogP contribution in [0.3, 0.4) is 0 Å². The standard InChI is InChI=1S/C13H20N2O2S/c1-2-11-8-18-13(15-11)14-7-9-3-5-10(6-4-9)12(16)17/h8-10H,2-7H2,1H3,(H,14,15)(H,16,17). The van der Waals surface area contributed by atoms with Crippen LogP contribution in [0, 0.1) is 11.8 Å². The van der Waals surface area contributed by atoms with Gasteiger partial charge in [-0.3, -0.25) is 4.79 Å². The van der Waals surface area contributed by atoms with Crippen LogP contribution in [0.15, 0.2) is 5.38 Å². The maximum absolute atomic E-state index is 10.9. The highest BCUT2D eigenvalue weighted by Gasteiger charge is 2.25. The molecule has 18 heavy (non-hydrogen) atoms. The van der Waals surface area contributed by atoms with Crippen LogP contribution in [0.4, 0.5) is 5.13 Å². The van der Waals surface area contributed by atoms with Crippen LogP contribution in [0.25, 0.3) is 0 Å². The predicted octanol–water partition coefficient (Wildman–Crippen LogP) is 3.01. The number of carboxylic acids is 1. The third-order valence-electron chi connectivity index (χ3n) is 3.65. The highest BCUT2D eigenvalue weighted by molar-refractivity contribution is 7.13. The average Bonchev–Trinajstić information content (AvgIpc) is 2.85. The number of nitrogens with zero attached hydrogens (tertiary/aromatic N) is 1. The first kappa shape index (κ1) is 13.3. The second-order valence-corrected chi connectivity index (χ2v) is 5.79. The molecule has 0 atom stereocenters. The van der Waals surface area contributed by atoms with Crippen molar-refractivity contribution in [3.63, 3.8) is 0 Å². The topological polar surface area (TPSA) is 62.2 Å². The predicted molar refractivity (Wildman–Crippen MR) is 73.1 cm³/mol. The Morgan fingerprint density at radius 1 is 1.50 bits per heavy atom. The summed E-state index contributed by atoms with van der Waals surface area (Å²) < 4.78 is 0. The molecule has 0 amide bonds. The smallest absolute Gasteiger partial charge is 0.306 e. The molecule has 2 N–H and O–H groups in total. The Morgan fingerprint density at radius 3 is 2.78 bits per heavy atom. The van der Waals surface area contributed by atoms with E-state index in [-0.39, 0.29) is 5.92 Å². The SMILES string of the molecule is CCc1csc(NCC2CCC(C(=O)O)CC2)n1. The number of anilines is 1. The van der Waals surface area contributed by atoms with Crippen molar-refractivity contribution < 1.29 is 9.90 Å². The van der Waals surface area contributed by atoms with Gasteiger partial charge in [-0.25, -0.2) is 4.98 Å². The third-order valence-corrected chi connectivity index (χ3v) is 4.50.